The summed E-state index contributed by atoms with van der Waals surface area (Å²) in [5.74, 6) is -3.11. The number of hydrogen-bond donors (Lipinski definition) is 2. The Labute approximate surface area is 227 Å². The maximum Gasteiger partial charge on any atom is 1.00 e. The number of carbonyl (C=O) groups excluding carboxylic acids is 1. The number of nitrogens with zero attached hydrogens (tertiary/aromatic N) is 1. The predicted octanol–water partition coefficient (Wildman–Crippen LogP) is 0.169. The van der Waals surface area contributed by atoms with Gasteiger partial charge < -0.3 is 17.2 Å². The average Bonchev–Trinajstić information content (AvgIpc) is 2.75. The van der Waals surface area contributed by atoms with E-state index in [-0.39, 0.29) is 69.2 Å². The Balaban J connectivity index is 0.000000480. The molecule has 0 spiro atoms. The van der Waals surface area contributed by atoms with Crippen LogP contribution in [0.5, 0.6) is 0 Å². The minimum absolute atomic E-state index is 0. The molecule has 0 saturated carbocycles. The van der Waals surface area contributed by atoms with Crippen molar-refractivity contribution in [2.24, 2.45) is 5.92 Å². The molecular formula is C23H25F2KN3O3-. The summed E-state index contributed by atoms with van der Waals surface area (Å²) in [4.78, 5) is 39.1. The number of benzene rings is 2. The Morgan fingerprint density at radius 2 is 1.91 bits per heavy atom. The summed E-state index contributed by atoms with van der Waals surface area (Å²) >= 11 is 0. The standard InChI is InChI=1S/C15H17F2N3O3.C8H8.K/c1-7(2)6-10(13(21)18-3)20-14(22)11-9(19-15(20)23)5-4-8(16)12(11)17;1-2-8-6-4-3-5-7-8;/h4-5,7,10H,6H2,1-3H3,(H,18,21)(H,19,23);3-6H,1-2H2;/q;-2;+1. The molecule has 9 heteroatoms. The number of H-pyrrole nitrogens is 1. The SMILES string of the molecule is CNC(=O)C(CC(C)C)n1c(=O)[nH]c2ccc(F)c(F)c2c1=O.[CH2-]Cc1[c-]cccc1.[K+]. The van der Waals surface area contributed by atoms with Gasteiger partial charge >= 0.3 is 57.1 Å². The Bertz CT molecular complexity index is 1160. The van der Waals surface area contributed by atoms with E-state index in [9.17, 15) is 23.2 Å². The third-order valence-corrected chi connectivity index (χ3v) is 4.59. The topological polar surface area (TPSA) is 84.0 Å². The second-order valence-corrected chi connectivity index (χ2v) is 7.29. The van der Waals surface area contributed by atoms with Gasteiger partial charge in [-0.15, -0.1) is 0 Å². The molecule has 0 saturated heterocycles. The van der Waals surface area contributed by atoms with Gasteiger partial charge in [0.05, 0.1) is 5.52 Å². The van der Waals surface area contributed by atoms with E-state index in [2.05, 4.69) is 23.3 Å². The van der Waals surface area contributed by atoms with Crippen molar-refractivity contribution in [3.63, 3.8) is 0 Å². The number of halogens is 2. The van der Waals surface area contributed by atoms with Crippen LogP contribution in [0.15, 0.2) is 46.0 Å². The number of hydrogen-bond acceptors (Lipinski definition) is 3. The number of carbonyl (C=O) groups is 1. The second kappa shape index (κ2) is 13.1. The van der Waals surface area contributed by atoms with Crippen LogP contribution in [0, 0.1) is 30.5 Å². The van der Waals surface area contributed by atoms with Crippen molar-refractivity contribution in [2.75, 3.05) is 7.05 Å². The van der Waals surface area contributed by atoms with Crippen molar-refractivity contribution in [3.8, 4) is 0 Å². The van der Waals surface area contributed by atoms with Gasteiger partial charge in [0, 0.05) is 7.05 Å². The van der Waals surface area contributed by atoms with Crippen molar-refractivity contribution in [3.05, 3.63) is 87.4 Å². The molecule has 0 radical (unpaired) electrons. The summed E-state index contributed by atoms with van der Waals surface area (Å²) in [5, 5.41) is 1.80. The minimum atomic E-state index is -1.35. The number of amides is 1. The molecule has 3 aromatic rings. The minimum Gasteiger partial charge on any atom is -0.357 e. The van der Waals surface area contributed by atoms with E-state index in [4.69, 9.17) is 0 Å². The van der Waals surface area contributed by atoms with Crippen molar-refractivity contribution >= 4 is 16.8 Å². The smallest absolute Gasteiger partial charge is 0.357 e. The number of fused-ring (bicyclic) bond motifs is 1. The molecular weight excluding hydrogens is 443 g/mol. The molecule has 0 bridgehead atoms. The third-order valence-electron chi connectivity index (χ3n) is 4.59. The Morgan fingerprint density at radius 1 is 1.22 bits per heavy atom. The summed E-state index contributed by atoms with van der Waals surface area (Å²) in [6.07, 6.45) is 1.03. The number of likely N-dealkylation sites (N-methyl/N-ethyl adjacent to an activating group) is 1. The van der Waals surface area contributed by atoms with E-state index in [1.807, 2.05) is 38.1 Å². The van der Waals surface area contributed by atoms with Crippen LogP contribution in [-0.4, -0.2) is 22.5 Å². The van der Waals surface area contributed by atoms with Crippen LogP contribution in [0.3, 0.4) is 0 Å². The molecule has 1 heterocycles. The molecule has 1 atom stereocenters. The van der Waals surface area contributed by atoms with Gasteiger partial charge in [0.15, 0.2) is 11.6 Å². The van der Waals surface area contributed by atoms with Gasteiger partial charge in [-0.05, 0) is 24.5 Å². The quantitative estimate of drug-likeness (QED) is 0.414. The van der Waals surface area contributed by atoms with Crippen LogP contribution in [0.2, 0.25) is 0 Å². The fourth-order valence-corrected chi connectivity index (χ4v) is 3.06. The van der Waals surface area contributed by atoms with Gasteiger partial charge in [0.1, 0.15) is 11.4 Å². The Morgan fingerprint density at radius 3 is 2.41 bits per heavy atom. The van der Waals surface area contributed by atoms with Gasteiger partial charge in [0.2, 0.25) is 5.91 Å². The zero-order valence-corrected chi connectivity index (χ0v) is 21.8. The fraction of sp³-hybridized carbons (Fsp3) is 0.304. The van der Waals surface area contributed by atoms with Gasteiger partial charge in [-0.2, -0.15) is 42.3 Å². The van der Waals surface area contributed by atoms with Crippen molar-refractivity contribution < 1.29 is 65.0 Å². The summed E-state index contributed by atoms with van der Waals surface area (Å²) in [6, 6.07) is 11.8. The van der Waals surface area contributed by atoms with Crippen LogP contribution in [0.25, 0.3) is 10.9 Å². The molecule has 0 aliphatic heterocycles. The maximum atomic E-state index is 14.0. The van der Waals surface area contributed by atoms with E-state index >= 15 is 0 Å². The van der Waals surface area contributed by atoms with Gasteiger partial charge in [0.25, 0.3) is 5.56 Å². The summed E-state index contributed by atoms with van der Waals surface area (Å²) < 4.78 is 28.0. The molecule has 1 amide bonds. The molecule has 3 rings (SSSR count). The molecule has 166 valence electrons. The largest absolute Gasteiger partial charge is 1.00 e. The summed E-state index contributed by atoms with van der Waals surface area (Å²) in [7, 11) is 1.37. The van der Waals surface area contributed by atoms with E-state index in [0.29, 0.717) is 4.57 Å². The first-order chi connectivity index (χ1) is 14.7. The summed E-state index contributed by atoms with van der Waals surface area (Å²) in [6.45, 7) is 7.36. The van der Waals surface area contributed by atoms with Crippen molar-refractivity contribution in [1.29, 1.82) is 0 Å². The molecule has 0 fully saturated rings. The third kappa shape index (κ3) is 6.92. The molecule has 32 heavy (non-hydrogen) atoms. The molecule has 2 N–H and O–H groups in total. The number of aromatic nitrogens is 2. The number of nitrogens with one attached hydrogen (secondary N) is 2. The van der Waals surface area contributed by atoms with E-state index in [0.717, 1.165) is 18.6 Å². The molecule has 6 nitrogen and oxygen atoms in total. The number of rotatable bonds is 5. The molecule has 0 aliphatic rings. The van der Waals surface area contributed by atoms with Crippen molar-refractivity contribution in [1.82, 2.24) is 14.9 Å². The fourth-order valence-electron chi connectivity index (χ4n) is 3.06. The van der Waals surface area contributed by atoms with Crippen LogP contribution in [0.1, 0.15) is 31.9 Å². The molecule has 1 aromatic heterocycles. The summed E-state index contributed by atoms with van der Waals surface area (Å²) in [5.41, 5.74) is -0.819. The molecule has 0 aliphatic carbocycles. The van der Waals surface area contributed by atoms with E-state index in [1.54, 1.807) is 0 Å². The van der Waals surface area contributed by atoms with Gasteiger partial charge in [-0.25, -0.2) is 18.1 Å². The van der Waals surface area contributed by atoms with E-state index < -0.39 is 40.2 Å². The normalized spacial score (nSPS) is 11.3. The predicted molar refractivity (Wildman–Crippen MR) is 116 cm³/mol. The van der Waals surface area contributed by atoms with Crippen LogP contribution < -0.4 is 68.0 Å². The van der Waals surface area contributed by atoms with Gasteiger partial charge in [-0.3, -0.25) is 9.59 Å². The van der Waals surface area contributed by atoms with Crippen LogP contribution >= 0.6 is 0 Å². The van der Waals surface area contributed by atoms with Crippen molar-refractivity contribution in [2.45, 2.75) is 32.7 Å². The van der Waals surface area contributed by atoms with E-state index in [1.165, 1.54) is 12.6 Å². The monoisotopic (exact) mass is 468 g/mol. The first kappa shape index (κ1) is 28.4. The molecule has 2 aromatic carbocycles. The Hall–Kier alpha value is -1.65. The first-order valence-corrected chi connectivity index (χ1v) is 9.80. The van der Waals surface area contributed by atoms with Gasteiger partial charge in [-0.1, -0.05) is 13.8 Å². The average molecular weight is 469 g/mol. The van der Waals surface area contributed by atoms with Crippen LogP contribution in [-0.2, 0) is 11.2 Å². The first-order valence-electron chi connectivity index (χ1n) is 9.80. The molecule has 1 unspecified atom stereocenters. The Kier molecular flexibility index (Phi) is 11.7. The zero-order chi connectivity index (χ0) is 23.1. The number of aromatic amines is 1. The maximum absolute atomic E-state index is 14.0. The van der Waals surface area contributed by atoms with Crippen LogP contribution in [0.4, 0.5) is 8.78 Å². The zero-order valence-electron chi connectivity index (χ0n) is 18.7. The second-order valence-electron chi connectivity index (χ2n) is 7.29.